The third kappa shape index (κ3) is 4.33. The summed E-state index contributed by atoms with van der Waals surface area (Å²) in [6, 6.07) is 18.0. The van der Waals surface area contributed by atoms with Gasteiger partial charge in [-0.1, -0.05) is 24.3 Å². The van der Waals surface area contributed by atoms with E-state index in [1.165, 1.54) is 13.2 Å². The molecule has 0 spiro atoms. The Morgan fingerprint density at radius 3 is 2.62 bits per heavy atom. The molecule has 0 radical (unpaired) electrons. The first-order valence-corrected chi connectivity index (χ1v) is 10.1. The van der Waals surface area contributed by atoms with Crippen molar-refractivity contribution in [3.05, 3.63) is 88.5 Å². The third-order valence-electron chi connectivity index (χ3n) is 5.31. The lowest BCUT2D eigenvalue weighted by Gasteiger charge is -2.12. The van der Waals surface area contributed by atoms with E-state index in [0.717, 1.165) is 27.7 Å². The lowest BCUT2D eigenvalue weighted by Crippen LogP contribution is -2.00. The highest BCUT2D eigenvalue weighted by atomic mass is 19.1. The fraction of sp³-hybridized carbons (Fsp3) is 0.154. The summed E-state index contributed by atoms with van der Waals surface area (Å²) >= 11 is 0. The number of rotatable bonds is 6. The Hall–Kier alpha value is -4.11. The predicted molar refractivity (Wildman–Crippen MR) is 123 cm³/mol. The molecule has 1 heterocycles. The largest absolute Gasteiger partial charge is 0.493 e. The zero-order valence-electron chi connectivity index (χ0n) is 18.1. The van der Waals surface area contributed by atoms with Crippen LogP contribution in [0.25, 0.3) is 22.7 Å². The van der Waals surface area contributed by atoms with Gasteiger partial charge < -0.3 is 14.5 Å². The van der Waals surface area contributed by atoms with Crippen molar-refractivity contribution in [2.24, 2.45) is 0 Å². The van der Waals surface area contributed by atoms with Crippen LogP contribution in [0.1, 0.15) is 28.1 Å². The summed E-state index contributed by atoms with van der Waals surface area (Å²) in [7, 11) is 1.54. The first-order chi connectivity index (χ1) is 15.5. The Morgan fingerprint density at radius 2 is 1.88 bits per heavy atom. The highest BCUT2D eigenvalue weighted by molar-refractivity contribution is 5.90. The van der Waals surface area contributed by atoms with Crippen LogP contribution in [-0.4, -0.2) is 17.1 Å². The second-order valence-corrected chi connectivity index (χ2v) is 7.50. The molecule has 0 saturated heterocycles. The first-order valence-electron chi connectivity index (χ1n) is 10.1. The average Bonchev–Trinajstić information content (AvgIpc) is 3.19. The Bertz CT molecular complexity index is 1330. The molecule has 0 fully saturated rings. The third-order valence-corrected chi connectivity index (χ3v) is 5.31. The number of halogens is 1. The van der Waals surface area contributed by atoms with E-state index in [4.69, 9.17) is 9.47 Å². The molecule has 4 rings (SSSR count). The quantitative estimate of drug-likeness (QED) is 0.385. The van der Waals surface area contributed by atoms with E-state index in [0.29, 0.717) is 28.5 Å². The summed E-state index contributed by atoms with van der Waals surface area (Å²) in [5.41, 5.74) is 5.63. The molecule has 0 aliphatic carbocycles. The van der Waals surface area contributed by atoms with E-state index in [1.54, 1.807) is 36.4 Å². The normalized spacial score (nSPS) is 11.4. The van der Waals surface area contributed by atoms with Gasteiger partial charge in [0.15, 0.2) is 11.5 Å². The topological polar surface area (TPSA) is 70.9 Å². The minimum absolute atomic E-state index is 0.0828. The maximum Gasteiger partial charge on any atom is 0.161 e. The van der Waals surface area contributed by atoms with Crippen molar-refractivity contribution < 1.29 is 13.9 Å². The van der Waals surface area contributed by atoms with Crippen LogP contribution in [0.3, 0.4) is 0 Å². The number of nitrogens with zero attached hydrogens (tertiary/aromatic N) is 2. The van der Waals surface area contributed by atoms with Gasteiger partial charge in [0.25, 0.3) is 0 Å². The van der Waals surface area contributed by atoms with E-state index in [1.807, 2.05) is 32.0 Å². The molecule has 0 aliphatic rings. The van der Waals surface area contributed by atoms with Crippen LogP contribution in [-0.2, 0) is 6.61 Å². The minimum atomic E-state index is -0.319. The van der Waals surface area contributed by atoms with Crippen molar-refractivity contribution in [2.75, 3.05) is 7.11 Å². The van der Waals surface area contributed by atoms with Gasteiger partial charge in [-0.3, -0.25) is 0 Å². The molecule has 0 unspecified atom stereocenters. The van der Waals surface area contributed by atoms with Gasteiger partial charge in [-0.15, -0.1) is 0 Å². The van der Waals surface area contributed by atoms with E-state index in [-0.39, 0.29) is 12.4 Å². The van der Waals surface area contributed by atoms with Crippen LogP contribution in [0.5, 0.6) is 11.5 Å². The molecule has 4 aromatic rings. The standard InChI is InChI=1S/C26H22FN3O2/c1-16-10-22-23(11-17(16)2)30-26(29-22)20(14-28)12-18-8-9-24(25(13-18)31-3)32-15-19-6-4-5-7-21(19)27/h4-13H,15H2,1-3H3,(H,29,30). The second kappa shape index (κ2) is 8.94. The number of benzene rings is 3. The Balaban J connectivity index is 1.61. The summed E-state index contributed by atoms with van der Waals surface area (Å²) in [5.74, 6) is 1.16. The smallest absolute Gasteiger partial charge is 0.161 e. The van der Waals surface area contributed by atoms with E-state index >= 15 is 0 Å². The Kier molecular flexibility index (Phi) is 5.91. The van der Waals surface area contributed by atoms with Crippen molar-refractivity contribution in [3.63, 3.8) is 0 Å². The number of aromatic nitrogens is 2. The number of aryl methyl sites for hydroxylation is 2. The van der Waals surface area contributed by atoms with Crippen LogP contribution in [0.2, 0.25) is 0 Å². The van der Waals surface area contributed by atoms with E-state index in [2.05, 4.69) is 16.0 Å². The van der Waals surface area contributed by atoms with Gasteiger partial charge in [-0.25, -0.2) is 9.37 Å². The van der Waals surface area contributed by atoms with E-state index < -0.39 is 0 Å². The van der Waals surface area contributed by atoms with E-state index in [9.17, 15) is 9.65 Å². The maximum atomic E-state index is 13.8. The lowest BCUT2D eigenvalue weighted by molar-refractivity contribution is 0.279. The zero-order valence-corrected chi connectivity index (χ0v) is 18.1. The summed E-state index contributed by atoms with van der Waals surface area (Å²) in [5, 5.41) is 9.72. The number of fused-ring (bicyclic) bond motifs is 1. The average molecular weight is 427 g/mol. The molecule has 0 amide bonds. The molecule has 0 aliphatic heterocycles. The van der Waals surface area contributed by atoms with Gasteiger partial charge in [0.2, 0.25) is 0 Å². The molecule has 32 heavy (non-hydrogen) atoms. The highest BCUT2D eigenvalue weighted by Gasteiger charge is 2.11. The maximum absolute atomic E-state index is 13.8. The van der Waals surface area contributed by atoms with Gasteiger partial charge in [0.1, 0.15) is 24.3 Å². The van der Waals surface area contributed by atoms with Gasteiger partial charge in [-0.05, 0) is 66.9 Å². The van der Waals surface area contributed by atoms with Crippen LogP contribution in [0, 0.1) is 31.0 Å². The highest BCUT2D eigenvalue weighted by Crippen LogP contribution is 2.31. The van der Waals surface area contributed by atoms with Crippen LogP contribution < -0.4 is 9.47 Å². The fourth-order valence-corrected chi connectivity index (χ4v) is 3.38. The molecule has 6 heteroatoms. The fourth-order valence-electron chi connectivity index (χ4n) is 3.38. The van der Waals surface area contributed by atoms with Crippen molar-refractivity contribution in [1.29, 1.82) is 5.26 Å². The van der Waals surface area contributed by atoms with Crippen LogP contribution in [0.4, 0.5) is 4.39 Å². The predicted octanol–water partition coefficient (Wildman–Crippen LogP) is 5.97. The van der Waals surface area contributed by atoms with Crippen molar-refractivity contribution >= 4 is 22.7 Å². The van der Waals surface area contributed by atoms with Crippen molar-refractivity contribution in [1.82, 2.24) is 9.97 Å². The van der Waals surface area contributed by atoms with Crippen molar-refractivity contribution in [3.8, 4) is 17.6 Å². The summed E-state index contributed by atoms with van der Waals surface area (Å²) in [6.45, 7) is 4.16. The van der Waals surface area contributed by atoms with Gasteiger partial charge >= 0.3 is 0 Å². The first kappa shape index (κ1) is 21.1. The minimum Gasteiger partial charge on any atom is -0.493 e. The molecule has 0 atom stereocenters. The monoisotopic (exact) mass is 427 g/mol. The number of allylic oxidation sites excluding steroid dienone is 1. The SMILES string of the molecule is COc1cc(C=C(C#N)c2nc3cc(C)c(C)cc3[nH]2)ccc1OCc1ccccc1F. The molecule has 0 bridgehead atoms. The zero-order chi connectivity index (χ0) is 22.7. The number of imidazole rings is 1. The van der Waals surface area contributed by atoms with Crippen LogP contribution >= 0.6 is 0 Å². The van der Waals surface area contributed by atoms with Gasteiger partial charge in [-0.2, -0.15) is 5.26 Å². The van der Waals surface area contributed by atoms with Crippen molar-refractivity contribution in [2.45, 2.75) is 20.5 Å². The number of aromatic amines is 1. The summed E-state index contributed by atoms with van der Waals surface area (Å²) in [6.07, 6.45) is 1.74. The molecule has 160 valence electrons. The molecule has 3 aromatic carbocycles. The number of methoxy groups -OCH3 is 1. The number of hydrogen-bond donors (Lipinski definition) is 1. The second-order valence-electron chi connectivity index (χ2n) is 7.50. The number of nitriles is 1. The number of H-pyrrole nitrogens is 1. The Morgan fingerprint density at radius 1 is 1.09 bits per heavy atom. The van der Waals surface area contributed by atoms with Gasteiger partial charge in [0, 0.05) is 5.56 Å². The summed E-state index contributed by atoms with van der Waals surface area (Å²) in [4.78, 5) is 7.80. The molecular formula is C26H22FN3O2. The molecule has 0 saturated carbocycles. The molecular weight excluding hydrogens is 405 g/mol. The summed E-state index contributed by atoms with van der Waals surface area (Å²) < 4.78 is 25.0. The molecule has 1 N–H and O–H groups in total. The molecule has 5 nitrogen and oxygen atoms in total. The number of nitrogens with one attached hydrogen (secondary N) is 1. The Labute approximate surface area is 185 Å². The molecule has 1 aromatic heterocycles. The van der Waals surface area contributed by atoms with Crippen LogP contribution in [0.15, 0.2) is 54.6 Å². The lowest BCUT2D eigenvalue weighted by atomic mass is 10.1. The number of hydrogen-bond acceptors (Lipinski definition) is 4. The van der Waals surface area contributed by atoms with Gasteiger partial charge in [0.05, 0.1) is 23.7 Å². The number of ether oxygens (including phenoxy) is 2.